The van der Waals surface area contributed by atoms with Crippen LogP contribution in [0.1, 0.15) is 40.4 Å². The Hall–Kier alpha value is -4.18. The Bertz CT molecular complexity index is 1110. The van der Waals surface area contributed by atoms with Gasteiger partial charge in [-0.1, -0.05) is 24.0 Å². The van der Waals surface area contributed by atoms with Gasteiger partial charge in [0.1, 0.15) is 0 Å². The highest BCUT2D eigenvalue weighted by atomic mass is 16.5. The molecule has 0 aromatic heterocycles. The molecule has 2 aromatic rings. The van der Waals surface area contributed by atoms with E-state index in [2.05, 4.69) is 28.5 Å². The van der Waals surface area contributed by atoms with Gasteiger partial charge in [0.15, 0.2) is 5.54 Å². The Balaban J connectivity index is 2.10. The smallest absolute Gasteiger partial charge is 0.278 e. The summed E-state index contributed by atoms with van der Waals surface area (Å²) in [6.07, 6.45) is 0.468. The molecule has 0 saturated carbocycles. The molecular weight excluding hydrogens is 434 g/mol. The lowest BCUT2D eigenvalue weighted by molar-refractivity contribution is -0.148. The largest absolute Gasteiger partial charge is 0.357 e. The van der Waals surface area contributed by atoms with Gasteiger partial charge in [-0.05, 0) is 48.9 Å². The number of hydrogen-bond donors (Lipinski definition) is 4. The van der Waals surface area contributed by atoms with Crippen molar-refractivity contribution in [1.82, 2.24) is 21.0 Å². The number of nitrogens with one attached hydrogen (secondary N) is 3. The van der Waals surface area contributed by atoms with E-state index in [-0.39, 0.29) is 5.56 Å². The first-order chi connectivity index (χ1) is 16.3. The molecule has 34 heavy (non-hydrogen) atoms. The van der Waals surface area contributed by atoms with E-state index >= 15 is 0 Å². The number of hydrogen-bond acceptors (Lipinski definition) is 6. The molecule has 0 bridgehead atoms. The maximum atomic E-state index is 12.9. The molecule has 0 spiro atoms. The normalized spacial score (nSPS) is 11.7. The fraction of sp³-hybridized carbons (Fsp3) is 0.280. The minimum atomic E-state index is -1.95. The summed E-state index contributed by atoms with van der Waals surface area (Å²) in [4.78, 5) is 38.3. The van der Waals surface area contributed by atoms with Gasteiger partial charge in [0.05, 0.1) is 6.07 Å². The van der Waals surface area contributed by atoms with Gasteiger partial charge in [-0.3, -0.25) is 19.6 Å². The van der Waals surface area contributed by atoms with E-state index in [9.17, 15) is 14.4 Å². The van der Waals surface area contributed by atoms with Crippen LogP contribution in [0.25, 0.3) is 0 Å². The van der Waals surface area contributed by atoms with Crippen molar-refractivity contribution in [2.45, 2.75) is 25.4 Å². The number of nitrogens with zero attached hydrogens (tertiary/aromatic N) is 2. The molecule has 176 valence electrons. The lowest BCUT2D eigenvalue weighted by Crippen LogP contribution is -2.64. The molecule has 9 heteroatoms. The van der Waals surface area contributed by atoms with Crippen molar-refractivity contribution in [2.75, 3.05) is 20.6 Å². The second kappa shape index (κ2) is 12.2. The van der Waals surface area contributed by atoms with E-state index < -0.39 is 23.3 Å². The van der Waals surface area contributed by atoms with Crippen molar-refractivity contribution in [3.63, 3.8) is 0 Å². The zero-order chi connectivity index (χ0) is 25.1. The van der Waals surface area contributed by atoms with Crippen LogP contribution in [0.5, 0.6) is 0 Å². The molecule has 0 fully saturated rings. The van der Waals surface area contributed by atoms with Gasteiger partial charge >= 0.3 is 0 Å². The number of carbonyl (C=O) groups is 3. The molecule has 2 rings (SSSR count). The molecule has 2 aromatic carbocycles. The predicted molar refractivity (Wildman–Crippen MR) is 125 cm³/mol. The summed E-state index contributed by atoms with van der Waals surface area (Å²) >= 11 is 0. The van der Waals surface area contributed by atoms with Gasteiger partial charge in [0, 0.05) is 50.3 Å². The number of carbonyl (C=O) groups excluding carboxylic acids is 3. The van der Waals surface area contributed by atoms with Crippen molar-refractivity contribution >= 4 is 17.7 Å². The van der Waals surface area contributed by atoms with E-state index in [0.29, 0.717) is 25.1 Å². The van der Waals surface area contributed by atoms with E-state index in [0.717, 1.165) is 16.0 Å². The SMILES string of the molecule is CNC(=O)[C@@](C)(C(=O)NO)N(C)C(=O)c1ccc(C#Cc2ccc(CNCCC#N)cc2)cc1. The monoisotopic (exact) mass is 461 g/mol. The predicted octanol–water partition coefficient (Wildman–Crippen LogP) is 1.17. The van der Waals surface area contributed by atoms with Gasteiger partial charge in [-0.15, -0.1) is 0 Å². The quantitative estimate of drug-likeness (QED) is 0.153. The summed E-state index contributed by atoms with van der Waals surface area (Å²) in [5, 5.41) is 23.1. The van der Waals surface area contributed by atoms with Gasteiger partial charge in [-0.25, -0.2) is 5.48 Å². The fourth-order valence-electron chi connectivity index (χ4n) is 3.08. The maximum absolute atomic E-state index is 12.9. The number of likely N-dealkylation sites (N-methyl/N-ethyl adjacent to an activating group) is 2. The minimum Gasteiger partial charge on any atom is -0.357 e. The third kappa shape index (κ3) is 6.20. The number of amides is 3. The number of hydroxylamine groups is 1. The van der Waals surface area contributed by atoms with Crippen molar-refractivity contribution in [2.24, 2.45) is 0 Å². The summed E-state index contributed by atoms with van der Waals surface area (Å²) in [7, 11) is 2.64. The zero-order valence-electron chi connectivity index (χ0n) is 19.3. The summed E-state index contributed by atoms with van der Waals surface area (Å²) in [6.45, 7) is 2.56. The lowest BCUT2D eigenvalue weighted by Gasteiger charge is -2.34. The standard InChI is InChI=1S/C25H27N5O4/c1-25(23(32)27-2,24(33)29-34)30(3)22(31)21-13-11-19(12-14-21)6-5-18-7-9-20(10-8-18)17-28-16-4-15-26/h7-14,28,34H,4,16-17H2,1-3H3,(H,27,32)(H,29,33)/t25-/m0/s1. The molecule has 0 aliphatic rings. The average Bonchev–Trinajstić information content (AvgIpc) is 2.88. The van der Waals surface area contributed by atoms with Crippen LogP contribution >= 0.6 is 0 Å². The van der Waals surface area contributed by atoms with Crippen molar-refractivity contribution in [3.8, 4) is 17.9 Å². The molecule has 0 aliphatic carbocycles. The van der Waals surface area contributed by atoms with Crippen LogP contribution in [-0.2, 0) is 16.1 Å². The zero-order valence-corrected chi connectivity index (χ0v) is 19.3. The van der Waals surface area contributed by atoms with Crippen LogP contribution in [0, 0.1) is 23.2 Å². The molecule has 0 radical (unpaired) electrons. The van der Waals surface area contributed by atoms with Crippen molar-refractivity contribution in [1.29, 1.82) is 5.26 Å². The molecule has 0 heterocycles. The minimum absolute atomic E-state index is 0.252. The van der Waals surface area contributed by atoms with E-state index in [4.69, 9.17) is 10.5 Å². The van der Waals surface area contributed by atoms with Crippen LogP contribution in [0.2, 0.25) is 0 Å². The van der Waals surface area contributed by atoms with Crippen LogP contribution < -0.4 is 16.1 Å². The number of benzene rings is 2. The Kier molecular flexibility index (Phi) is 9.33. The Morgan fingerprint density at radius 3 is 2.06 bits per heavy atom. The molecule has 9 nitrogen and oxygen atoms in total. The molecule has 3 amide bonds. The van der Waals surface area contributed by atoms with E-state index in [1.807, 2.05) is 24.3 Å². The second-order valence-corrected chi connectivity index (χ2v) is 7.57. The number of rotatable bonds is 8. The fourth-order valence-corrected chi connectivity index (χ4v) is 3.08. The highest BCUT2D eigenvalue weighted by Crippen LogP contribution is 2.18. The molecule has 0 aliphatic heterocycles. The molecule has 0 saturated heterocycles. The average molecular weight is 462 g/mol. The van der Waals surface area contributed by atoms with Crippen LogP contribution in [0.3, 0.4) is 0 Å². The van der Waals surface area contributed by atoms with Gasteiger partial charge in [0.2, 0.25) is 0 Å². The second-order valence-electron chi connectivity index (χ2n) is 7.57. The summed E-state index contributed by atoms with van der Waals surface area (Å²) < 4.78 is 0. The van der Waals surface area contributed by atoms with Gasteiger partial charge in [0.25, 0.3) is 17.7 Å². The van der Waals surface area contributed by atoms with E-state index in [1.54, 1.807) is 24.3 Å². The van der Waals surface area contributed by atoms with E-state index in [1.165, 1.54) is 26.5 Å². The Labute approximate surface area is 198 Å². The van der Waals surface area contributed by atoms with Gasteiger partial charge in [-0.2, -0.15) is 5.26 Å². The summed E-state index contributed by atoms with van der Waals surface area (Å²) in [5.41, 5.74) is 2.35. The lowest BCUT2D eigenvalue weighted by atomic mass is 9.96. The van der Waals surface area contributed by atoms with Crippen LogP contribution in [0.15, 0.2) is 48.5 Å². The summed E-state index contributed by atoms with van der Waals surface area (Å²) in [6, 6.07) is 16.3. The molecule has 0 unspecified atom stereocenters. The number of nitriles is 1. The molecular formula is C25H27N5O4. The van der Waals surface area contributed by atoms with Crippen molar-refractivity contribution in [3.05, 3.63) is 70.8 Å². The third-order valence-electron chi connectivity index (χ3n) is 5.37. The molecule has 1 atom stereocenters. The Morgan fingerprint density at radius 1 is 1.00 bits per heavy atom. The first kappa shape index (κ1) is 26.1. The first-order valence-electron chi connectivity index (χ1n) is 10.5. The molecule has 4 N–H and O–H groups in total. The first-order valence-corrected chi connectivity index (χ1v) is 10.5. The summed E-state index contributed by atoms with van der Waals surface area (Å²) in [5.74, 6) is 3.74. The van der Waals surface area contributed by atoms with Crippen LogP contribution in [0.4, 0.5) is 0 Å². The van der Waals surface area contributed by atoms with Gasteiger partial charge < -0.3 is 15.5 Å². The van der Waals surface area contributed by atoms with Crippen LogP contribution in [-0.4, -0.2) is 54.0 Å². The topological polar surface area (TPSA) is 135 Å². The van der Waals surface area contributed by atoms with Crippen molar-refractivity contribution < 1.29 is 19.6 Å². The highest BCUT2D eigenvalue weighted by molar-refractivity contribution is 6.12. The maximum Gasteiger partial charge on any atom is 0.278 e. The third-order valence-corrected chi connectivity index (χ3v) is 5.37. The highest BCUT2D eigenvalue weighted by Gasteiger charge is 2.47. The Morgan fingerprint density at radius 2 is 1.56 bits per heavy atom.